The van der Waals surface area contributed by atoms with Crippen molar-refractivity contribution in [3.8, 4) is 11.3 Å². The van der Waals surface area contributed by atoms with Gasteiger partial charge in [-0.15, -0.1) is 0 Å². The lowest BCUT2D eigenvalue weighted by Crippen LogP contribution is -2.47. The average Bonchev–Trinajstić information content (AvgIpc) is 3.09. The molecule has 0 radical (unpaired) electrons. The van der Waals surface area contributed by atoms with E-state index in [1.807, 2.05) is 0 Å². The second kappa shape index (κ2) is 7.57. The number of fused-ring (bicyclic) bond motifs is 1. The molecule has 1 aromatic rings. The first-order valence-corrected chi connectivity index (χ1v) is 8.64. The number of nitrogens with zero attached hydrogens (tertiary/aromatic N) is 2. The number of amides is 2. The summed E-state index contributed by atoms with van der Waals surface area (Å²) in [4.78, 5) is 28.4. The van der Waals surface area contributed by atoms with Crippen LogP contribution in [-0.4, -0.2) is 27.4 Å². The molecule has 2 heterocycles. The first-order chi connectivity index (χ1) is 12.9. The zero-order valence-electron chi connectivity index (χ0n) is 15.1. The van der Waals surface area contributed by atoms with Crippen molar-refractivity contribution in [2.75, 3.05) is 0 Å². The summed E-state index contributed by atoms with van der Waals surface area (Å²) in [6.07, 6.45) is 4.93. The molecule has 2 aliphatic heterocycles. The van der Waals surface area contributed by atoms with E-state index in [-0.39, 0.29) is 18.3 Å². The number of nitrogens with one attached hydrogen (secondary N) is 1. The van der Waals surface area contributed by atoms with Crippen LogP contribution in [0.3, 0.4) is 0 Å². The van der Waals surface area contributed by atoms with Crippen LogP contribution >= 0.6 is 0 Å². The SMILES string of the molecule is CC(C)[C@H](NC(=O)c1cc2cncc-2n(Cc2ccccc2F)c1)C(N)=O. The van der Waals surface area contributed by atoms with Crippen molar-refractivity contribution < 1.29 is 14.0 Å². The molecule has 0 spiro atoms. The maximum Gasteiger partial charge on any atom is 0.253 e. The highest BCUT2D eigenvalue weighted by Gasteiger charge is 2.23. The van der Waals surface area contributed by atoms with Crippen LogP contribution in [0.2, 0.25) is 0 Å². The van der Waals surface area contributed by atoms with E-state index in [0.717, 1.165) is 11.3 Å². The Morgan fingerprint density at radius 3 is 2.67 bits per heavy atom. The summed E-state index contributed by atoms with van der Waals surface area (Å²) in [6, 6.07) is 7.39. The third-order valence-corrected chi connectivity index (χ3v) is 4.44. The summed E-state index contributed by atoms with van der Waals surface area (Å²) in [5, 5.41) is 2.67. The summed E-state index contributed by atoms with van der Waals surface area (Å²) >= 11 is 0. The molecule has 2 aliphatic rings. The van der Waals surface area contributed by atoms with Gasteiger partial charge in [-0.25, -0.2) is 4.39 Å². The van der Waals surface area contributed by atoms with Crippen molar-refractivity contribution in [1.82, 2.24) is 14.9 Å². The molecule has 0 aliphatic carbocycles. The van der Waals surface area contributed by atoms with E-state index in [1.165, 1.54) is 6.07 Å². The van der Waals surface area contributed by atoms with E-state index in [4.69, 9.17) is 5.73 Å². The lowest BCUT2D eigenvalue weighted by molar-refractivity contribution is -0.120. The molecule has 140 valence electrons. The van der Waals surface area contributed by atoms with Crippen molar-refractivity contribution in [3.63, 3.8) is 0 Å². The van der Waals surface area contributed by atoms with E-state index in [0.29, 0.717) is 11.1 Å². The number of aromatic nitrogens is 2. The maximum atomic E-state index is 14.1. The van der Waals surface area contributed by atoms with Crippen LogP contribution < -0.4 is 11.1 Å². The lowest BCUT2D eigenvalue weighted by atomic mass is 10.0. The van der Waals surface area contributed by atoms with Crippen LogP contribution in [0, 0.1) is 11.7 Å². The quantitative estimate of drug-likeness (QED) is 0.700. The smallest absolute Gasteiger partial charge is 0.253 e. The normalized spacial score (nSPS) is 12.3. The number of carbonyl (C=O) groups excluding carboxylic acids is 2. The fourth-order valence-corrected chi connectivity index (χ4v) is 2.98. The second-order valence-electron chi connectivity index (χ2n) is 6.79. The average molecular weight is 368 g/mol. The molecule has 3 rings (SSSR count). The van der Waals surface area contributed by atoms with Gasteiger partial charge in [0, 0.05) is 23.5 Å². The Kier molecular flexibility index (Phi) is 5.21. The summed E-state index contributed by atoms with van der Waals surface area (Å²) < 4.78 is 15.8. The standard InChI is InChI=1S/C20H21FN4O2/c1-12(2)18(19(22)26)24-20(27)15-7-14-8-23-9-17(14)25(11-15)10-13-5-3-4-6-16(13)21/h3-9,11-12,18H,10H2,1-2H3,(H2,22,26)(H,24,27)/t18-/m0/s1. The molecule has 27 heavy (non-hydrogen) atoms. The Morgan fingerprint density at radius 1 is 1.26 bits per heavy atom. The Bertz CT molecular complexity index is 951. The van der Waals surface area contributed by atoms with Crippen LogP contribution in [0.4, 0.5) is 4.39 Å². The molecule has 1 aromatic carbocycles. The summed E-state index contributed by atoms with van der Waals surface area (Å²) in [5.74, 6) is -1.46. The molecule has 2 amide bonds. The number of pyridine rings is 1. The monoisotopic (exact) mass is 368 g/mol. The molecule has 0 saturated carbocycles. The fourth-order valence-electron chi connectivity index (χ4n) is 2.98. The van der Waals surface area contributed by atoms with Crippen LogP contribution in [0.1, 0.15) is 29.8 Å². The minimum Gasteiger partial charge on any atom is -0.368 e. The summed E-state index contributed by atoms with van der Waals surface area (Å²) in [5.41, 5.74) is 7.75. The number of nitrogens with two attached hydrogens (primary N) is 1. The molecule has 1 atom stereocenters. The summed E-state index contributed by atoms with van der Waals surface area (Å²) in [7, 11) is 0. The van der Waals surface area contributed by atoms with Gasteiger partial charge in [-0.2, -0.15) is 0 Å². The highest BCUT2D eigenvalue weighted by atomic mass is 19.1. The third kappa shape index (κ3) is 3.97. The molecule has 0 saturated heterocycles. The first-order valence-electron chi connectivity index (χ1n) is 8.64. The predicted octanol–water partition coefficient (Wildman–Crippen LogP) is 2.41. The number of benzene rings is 1. The van der Waals surface area contributed by atoms with Gasteiger partial charge in [0.2, 0.25) is 5.91 Å². The second-order valence-corrected chi connectivity index (χ2v) is 6.79. The van der Waals surface area contributed by atoms with Crippen molar-refractivity contribution in [2.24, 2.45) is 11.7 Å². The third-order valence-electron chi connectivity index (χ3n) is 4.44. The van der Waals surface area contributed by atoms with Crippen molar-refractivity contribution in [1.29, 1.82) is 0 Å². The van der Waals surface area contributed by atoms with Gasteiger partial charge in [-0.3, -0.25) is 14.6 Å². The fraction of sp³-hybridized carbons (Fsp3) is 0.250. The number of halogens is 1. The number of primary amides is 1. The topological polar surface area (TPSA) is 90.0 Å². The molecule has 7 heteroatoms. The molecule has 0 bridgehead atoms. The van der Waals surface area contributed by atoms with Crippen LogP contribution in [0.5, 0.6) is 0 Å². The molecular weight excluding hydrogens is 347 g/mol. The highest BCUT2D eigenvalue weighted by Crippen LogP contribution is 2.24. The minimum atomic E-state index is -0.772. The number of rotatable bonds is 6. The van der Waals surface area contributed by atoms with Crippen molar-refractivity contribution >= 4 is 11.8 Å². The summed E-state index contributed by atoms with van der Waals surface area (Å²) in [6.45, 7) is 3.86. The Balaban J connectivity index is 1.95. The lowest BCUT2D eigenvalue weighted by Gasteiger charge is -2.20. The van der Waals surface area contributed by atoms with Gasteiger partial charge in [0.25, 0.3) is 5.91 Å². The van der Waals surface area contributed by atoms with Gasteiger partial charge < -0.3 is 15.6 Å². The highest BCUT2D eigenvalue weighted by molar-refractivity contribution is 5.98. The zero-order chi connectivity index (χ0) is 19.6. The molecule has 0 aromatic heterocycles. The maximum absolute atomic E-state index is 14.1. The Hall–Kier alpha value is -3.22. The van der Waals surface area contributed by atoms with E-state index in [2.05, 4.69) is 10.3 Å². The zero-order valence-corrected chi connectivity index (χ0v) is 15.1. The van der Waals surface area contributed by atoms with Gasteiger partial charge >= 0.3 is 0 Å². The minimum absolute atomic E-state index is 0.138. The Morgan fingerprint density at radius 2 is 2.00 bits per heavy atom. The molecule has 0 fully saturated rings. The van der Waals surface area contributed by atoms with Gasteiger partial charge in [0.05, 0.1) is 24.0 Å². The van der Waals surface area contributed by atoms with Crippen molar-refractivity contribution in [3.05, 3.63) is 65.9 Å². The molecule has 6 nitrogen and oxygen atoms in total. The van der Waals surface area contributed by atoms with E-state index in [1.54, 1.807) is 61.3 Å². The van der Waals surface area contributed by atoms with E-state index in [9.17, 15) is 14.0 Å². The Labute approximate surface area is 156 Å². The predicted molar refractivity (Wildman–Crippen MR) is 99.6 cm³/mol. The van der Waals surface area contributed by atoms with E-state index >= 15 is 0 Å². The van der Waals surface area contributed by atoms with Gasteiger partial charge in [-0.05, 0) is 18.1 Å². The van der Waals surface area contributed by atoms with E-state index < -0.39 is 17.9 Å². The first kappa shape index (κ1) is 18.6. The molecule has 0 unspecified atom stereocenters. The van der Waals surface area contributed by atoms with Crippen LogP contribution in [-0.2, 0) is 11.3 Å². The van der Waals surface area contributed by atoms with Crippen LogP contribution in [0.15, 0.2) is 48.9 Å². The number of carbonyl (C=O) groups is 2. The molecular formula is C20H21FN4O2. The largest absolute Gasteiger partial charge is 0.368 e. The van der Waals surface area contributed by atoms with Crippen molar-refractivity contribution in [2.45, 2.75) is 26.4 Å². The molecule has 3 N–H and O–H groups in total. The van der Waals surface area contributed by atoms with Gasteiger partial charge in [0.1, 0.15) is 11.9 Å². The van der Waals surface area contributed by atoms with Crippen LogP contribution in [0.25, 0.3) is 11.3 Å². The van der Waals surface area contributed by atoms with Gasteiger partial charge in [0.15, 0.2) is 0 Å². The number of hydrogen-bond donors (Lipinski definition) is 2. The van der Waals surface area contributed by atoms with Gasteiger partial charge in [-0.1, -0.05) is 32.0 Å². The number of hydrogen-bond acceptors (Lipinski definition) is 3.